The SMILES string of the molecule is CC(NC(=O)C1CCC(=O)NC1)c1ccco1. The third-order valence-electron chi connectivity index (χ3n) is 2.97. The molecule has 0 aliphatic carbocycles. The van der Waals surface area contributed by atoms with Gasteiger partial charge in [-0.1, -0.05) is 0 Å². The molecule has 0 bridgehead atoms. The minimum atomic E-state index is -0.143. The Morgan fingerprint density at radius 1 is 1.65 bits per heavy atom. The van der Waals surface area contributed by atoms with E-state index in [-0.39, 0.29) is 23.8 Å². The zero-order valence-electron chi connectivity index (χ0n) is 9.73. The zero-order chi connectivity index (χ0) is 12.3. The van der Waals surface area contributed by atoms with Gasteiger partial charge in [0.2, 0.25) is 11.8 Å². The summed E-state index contributed by atoms with van der Waals surface area (Å²) < 4.78 is 5.22. The maximum absolute atomic E-state index is 11.9. The first-order valence-corrected chi connectivity index (χ1v) is 5.77. The summed E-state index contributed by atoms with van der Waals surface area (Å²) in [6, 6.07) is 3.47. The van der Waals surface area contributed by atoms with Crippen LogP contribution < -0.4 is 10.6 Å². The molecule has 1 fully saturated rings. The van der Waals surface area contributed by atoms with Crippen LogP contribution in [0.15, 0.2) is 22.8 Å². The van der Waals surface area contributed by atoms with Gasteiger partial charge in [-0.15, -0.1) is 0 Å². The van der Waals surface area contributed by atoms with Crippen LogP contribution in [0.5, 0.6) is 0 Å². The Kier molecular flexibility index (Phi) is 3.46. The van der Waals surface area contributed by atoms with Crippen LogP contribution in [-0.4, -0.2) is 18.4 Å². The van der Waals surface area contributed by atoms with E-state index in [1.54, 1.807) is 12.3 Å². The van der Waals surface area contributed by atoms with E-state index < -0.39 is 0 Å². The van der Waals surface area contributed by atoms with Crippen molar-refractivity contribution in [3.8, 4) is 0 Å². The molecule has 2 unspecified atom stereocenters. The maximum Gasteiger partial charge on any atom is 0.225 e. The topological polar surface area (TPSA) is 71.3 Å². The van der Waals surface area contributed by atoms with Gasteiger partial charge in [-0.05, 0) is 25.5 Å². The fourth-order valence-electron chi connectivity index (χ4n) is 1.90. The monoisotopic (exact) mass is 236 g/mol. The van der Waals surface area contributed by atoms with Crippen molar-refractivity contribution in [3.63, 3.8) is 0 Å². The molecule has 5 nitrogen and oxygen atoms in total. The molecule has 2 amide bonds. The van der Waals surface area contributed by atoms with Crippen LogP contribution in [0.25, 0.3) is 0 Å². The van der Waals surface area contributed by atoms with Crippen LogP contribution >= 0.6 is 0 Å². The number of carbonyl (C=O) groups excluding carboxylic acids is 2. The molecule has 92 valence electrons. The van der Waals surface area contributed by atoms with Crippen molar-refractivity contribution in [2.45, 2.75) is 25.8 Å². The Morgan fingerprint density at radius 2 is 2.47 bits per heavy atom. The molecule has 1 aliphatic rings. The molecule has 1 saturated heterocycles. The highest BCUT2D eigenvalue weighted by Gasteiger charge is 2.25. The summed E-state index contributed by atoms with van der Waals surface area (Å²) in [5.74, 6) is 0.588. The van der Waals surface area contributed by atoms with Gasteiger partial charge in [-0.2, -0.15) is 0 Å². The molecule has 5 heteroatoms. The number of carbonyl (C=O) groups is 2. The summed E-state index contributed by atoms with van der Waals surface area (Å²) in [4.78, 5) is 22.9. The Morgan fingerprint density at radius 3 is 3.06 bits per heavy atom. The third-order valence-corrected chi connectivity index (χ3v) is 2.97. The van der Waals surface area contributed by atoms with E-state index in [2.05, 4.69) is 10.6 Å². The van der Waals surface area contributed by atoms with Crippen molar-refractivity contribution in [1.82, 2.24) is 10.6 Å². The molecule has 0 radical (unpaired) electrons. The Bertz CT molecular complexity index is 390. The minimum absolute atomic E-state index is 0.0214. The van der Waals surface area contributed by atoms with Gasteiger partial charge < -0.3 is 15.1 Å². The average Bonchev–Trinajstić information content (AvgIpc) is 2.83. The molecule has 1 aromatic rings. The van der Waals surface area contributed by atoms with Gasteiger partial charge in [0.1, 0.15) is 5.76 Å². The Labute approximate surface area is 99.6 Å². The van der Waals surface area contributed by atoms with Gasteiger partial charge in [0.05, 0.1) is 18.2 Å². The lowest BCUT2D eigenvalue weighted by Gasteiger charge is -2.23. The number of hydrogen-bond donors (Lipinski definition) is 2. The van der Waals surface area contributed by atoms with Crippen LogP contribution in [0.4, 0.5) is 0 Å². The fraction of sp³-hybridized carbons (Fsp3) is 0.500. The van der Waals surface area contributed by atoms with Crippen LogP contribution in [0.3, 0.4) is 0 Å². The maximum atomic E-state index is 11.9. The highest BCUT2D eigenvalue weighted by Crippen LogP contribution is 2.16. The van der Waals surface area contributed by atoms with Crippen LogP contribution in [0.2, 0.25) is 0 Å². The van der Waals surface area contributed by atoms with Crippen molar-refractivity contribution >= 4 is 11.8 Å². The molecule has 0 aromatic carbocycles. The third kappa shape index (κ3) is 2.87. The minimum Gasteiger partial charge on any atom is -0.467 e. The van der Waals surface area contributed by atoms with Crippen LogP contribution in [0, 0.1) is 5.92 Å². The first kappa shape index (κ1) is 11.7. The molecular formula is C12H16N2O3. The summed E-state index contributed by atoms with van der Waals surface area (Å²) in [5.41, 5.74) is 0. The number of rotatable bonds is 3. The van der Waals surface area contributed by atoms with Crippen molar-refractivity contribution in [2.24, 2.45) is 5.92 Å². The Balaban J connectivity index is 1.86. The number of piperidine rings is 1. The smallest absolute Gasteiger partial charge is 0.225 e. The lowest BCUT2D eigenvalue weighted by molar-refractivity contribution is -0.129. The lowest BCUT2D eigenvalue weighted by Crippen LogP contribution is -2.43. The van der Waals surface area contributed by atoms with Crippen LogP contribution in [0.1, 0.15) is 31.6 Å². The molecule has 1 aromatic heterocycles. The van der Waals surface area contributed by atoms with Gasteiger partial charge in [0.15, 0.2) is 0 Å². The second-order valence-electron chi connectivity index (χ2n) is 4.29. The van der Waals surface area contributed by atoms with Crippen molar-refractivity contribution in [1.29, 1.82) is 0 Å². The normalized spacial score (nSPS) is 21.7. The molecule has 2 rings (SSSR count). The van der Waals surface area contributed by atoms with E-state index in [1.807, 2.05) is 13.0 Å². The highest BCUT2D eigenvalue weighted by atomic mass is 16.3. The summed E-state index contributed by atoms with van der Waals surface area (Å²) in [5, 5.41) is 5.58. The van der Waals surface area contributed by atoms with E-state index in [1.165, 1.54) is 0 Å². The number of hydrogen-bond acceptors (Lipinski definition) is 3. The molecule has 0 spiro atoms. The van der Waals surface area contributed by atoms with Gasteiger partial charge in [0, 0.05) is 13.0 Å². The molecular weight excluding hydrogens is 220 g/mol. The molecule has 2 atom stereocenters. The molecule has 0 saturated carbocycles. The molecule has 1 aliphatic heterocycles. The predicted octanol–water partition coefficient (Wildman–Crippen LogP) is 0.983. The number of furan rings is 1. The number of nitrogens with one attached hydrogen (secondary N) is 2. The standard InChI is InChI=1S/C12H16N2O3/c1-8(10-3-2-6-17-10)14-12(16)9-4-5-11(15)13-7-9/h2-3,6,8-9H,4-5,7H2,1H3,(H,13,15)(H,14,16). The second-order valence-corrected chi connectivity index (χ2v) is 4.29. The second kappa shape index (κ2) is 5.03. The van der Waals surface area contributed by atoms with E-state index in [9.17, 15) is 9.59 Å². The quantitative estimate of drug-likeness (QED) is 0.821. The van der Waals surface area contributed by atoms with Crippen molar-refractivity contribution < 1.29 is 14.0 Å². The van der Waals surface area contributed by atoms with Gasteiger partial charge in [0.25, 0.3) is 0 Å². The summed E-state index contributed by atoms with van der Waals surface area (Å²) >= 11 is 0. The summed E-state index contributed by atoms with van der Waals surface area (Å²) in [6.07, 6.45) is 2.62. The Hall–Kier alpha value is -1.78. The van der Waals surface area contributed by atoms with E-state index in [4.69, 9.17) is 4.42 Å². The molecule has 2 N–H and O–H groups in total. The summed E-state index contributed by atoms with van der Waals surface area (Å²) in [7, 11) is 0. The van der Waals surface area contributed by atoms with Gasteiger partial charge in [-0.25, -0.2) is 0 Å². The summed E-state index contributed by atoms with van der Waals surface area (Å²) in [6.45, 7) is 2.30. The van der Waals surface area contributed by atoms with Crippen LogP contribution in [-0.2, 0) is 9.59 Å². The molecule has 2 heterocycles. The van der Waals surface area contributed by atoms with E-state index in [0.717, 1.165) is 5.76 Å². The largest absolute Gasteiger partial charge is 0.467 e. The zero-order valence-corrected chi connectivity index (χ0v) is 9.73. The number of amides is 2. The van der Waals surface area contributed by atoms with Crippen molar-refractivity contribution in [3.05, 3.63) is 24.2 Å². The van der Waals surface area contributed by atoms with Gasteiger partial charge in [-0.3, -0.25) is 9.59 Å². The first-order valence-electron chi connectivity index (χ1n) is 5.77. The average molecular weight is 236 g/mol. The van der Waals surface area contributed by atoms with E-state index in [0.29, 0.717) is 19.4 Å². The van der Waals surface area contributed by atoms with E-state index >= 15 is 0 Å². The molecule has 17 heavy (non-hydrogen) atoms. The lowest BCUT2D eigenvalue weighted by atomic mass is 9.98. The first-order chi connectivity index (χ1) is 8.16. The highest BCUT2D eigenvalue weighted by molar-refractivity contribution is 5.83. The fourth-order valence-corrected chi connectivity index (χ4v) is 1.90. The van der Waals surface area contributed by atoms with Gasteiger partial charge >= 0.3 is 0 Å². The van der Waals surface area contributed by atoms with Crippen molar-refractivity contribution in [2.75, 3.05) is 6.54 Å². The predicted molar refractivity (Wildman–Crippen MR) is 61.0 cm³/mol.